The number of amides is 1. The number of amidine groups is 1. The fourth-order valence-corrected chi connectivity index (χ4v) is 4.60. The number of hydrogen-bond acceptors (Lipinski definition) is 6. The van der Waals surface area contributed by atoms with Gasteiger partial charge in [0, 0.05) is 31.8 Å². The third-order valence-corrected chi connectivity index (χ3v) is 6.02. The number of likely N-dealkylation sites (tertiary alicyclic amines) is 1. The molecule has 2 saturated heterocycles. The van der Waals surface area contributed by atoms with Crippen LogP contribution in [0.4, 0.5) is 0 Å². The van der Waals surface area contributed by atoms with E-state index in [2.05, 4.69) is 4.40 Å². The normalized spacial score (nSPS) is 29.2. The molecule has 136 valence electrons. The molecule has 1 unspecified atom stereocenters. The maximum atomic E-state index is 13.0. The van der Waals surface area contributed by atoms with Crippen LogP contribution in [0.3, 0.4) is 0 Å². The number of rotatable bonds is 2. The van der Waals surface area contributed by atoms with E-state index in [1.165, 1.54) is 0 Å². The molecule has 9 heteroatoms. The fraction of sp³-hybridized carbons (Fsp3) is 0.625. The third-order valence-electron chi connectivity index (χ3n) is 4.87. The minimum atomic E-state index is -3.51. The highest BCUT2D eigenvalue weighted by atomic mass is 32.2. The van der Waals surface area contributed by atoms with E-state index in [4.69, 9.17) is 9.47 Å². The molecule has 4 heterocycles. The molecule has 0 aliphatic carbocycles. The summed E-state index contributed by atoms with van der Waals surface area (Å²) in [5.74, 6) is 0.153. The molecule has 8 nitrogen and oxygen atoms in total. The molecule has 0 bridgehead atoms. The van der Waals surface area contributed by atoms with Crippen LogP contribution in [0, 0.1) is 5.92 Å². The van der Waals surface area contributed by atoms with E-state index in [-0.39, 0.29) is 29.7 Å². The lowest BCUT2D eigenvalue weighted by molar-refractivity contribution is -0.135. The number of carbonyl (C=O) groups is 1. The summed E-state index contributed by atoms with van der Waals surface area (Å²) in [6.07, 6.45) is 6.73. The summed E-state index contributed by atoms with van der Waals surface area (Å²) in [6, 6.07) is 0. The molecule has 0 radical (unpaired) electrons. The molecule has 0 aromatic carbocycles. The number of piperidine rings is 1. The van der Waals surface area contributed by atoms with E-state index in [0.717, 1.165) is 12.8 Å². The van der Waals surface area contributed by atoms with Gasteiger partial charge in [0.15, 0.2) is 12.1 Å². The molecular formula is C16H21N3O5S. The monoisotopic (exact) mass is 367 g/mol. The van der Waals surface area contributed by atoms with E-state index in [0.29, 0.717) is 38.4 Å². The van der Waals surface area contributed by atoms with Crippen LogP contribution in [0.15, 0.2) is 28.3 Å². The highest BCUT2D eigenvalue weighted by Crippen LogP contribution is 2.27. The standard InChI is InChI=1S/C16H21N3O5S/c20-15(19-6-1-3-12(11-19)16-23-8-9-24-16)13-4-2-5-18-7-10-25(21,22)17-14(13)18/h2,4-5,12,16H,1,3,6-11H2. The van der Waals surface area contributed by atoms with E-state index in [1.807, 2.05) is 0 Å². The minimum Gasteiger partial charge on any atom is -0.350 e. The average Bonchev–Trinajstić information content (AvgIpc) is 3.15. The highest BCUT2D eigenvalue weighted by molar-refractivity contribution is 7.90. The van der Waals surface area contributed by atoms with Crippen molar-refractivity contribution in [3.05, 3.63) is 23.9 Å². The number of hydrogen-bond donors (Lipinski definition) is 0. The van der Waals surface area contributed by atoms with Crippen LogP contribution in [0.25, 0.3) is 0 Å². The Hall–Kier alpha value is -1.71. The first-order valence-electron chi connectivity index (χ1n) is 8.54. The lowest BCUT2D eigenvalue weighted by Gasteiger charge is -2.36. The van der Waals surface area contributed by atoms with Gasteiger partial charge >= 0.3 is 0 Å². The lowest BCUT2D eigenvalue weighted by Crippen LogP contribution is -2.48. The van der Waals surface area contributed by atoms with Crippen LogP contribution >= 0.6 is 0 Å². The molecule has 2 fully saturated rings. The zero-order valence-corrected chi connectivity index (χ0v) is 14.7. The maximum absolute atomic E-state index is 13.0. The van der Waals surface area contributed by atoms with Crippen molar-refractivity contribution in [2.75, 3.05) is 38.6 Å². The maximum Gasteiger partial charge on any atom is 0.257 e. The Labute approximate surface area is 146 Å². The van der Waals surface area contributed by atoms with Crippen molar-refractivity contribution in [1.29, 1.82) is 0 Å². The Morgan fingerprint density at radius 1 is 1.24 bits per heavy atom. The second-order valence-electron chi connectivity index (χ2n) is 6.58. The first kappa shape index (κ1) is 16.7. The predicted molar refractivity (Wildman–Crippen MR) is 90.1 cm³/mol. The van der Waals surface area contributed by atoms with Gasteiger partial charge in [-0.15, -0.1) is 4.40 Å². The Balaban J connectivity index is 1.54. The molecule has 25 heavy (non-hydrogen) atoms. The van der Waals surface area contributed by atoms with Gasteiger partial charge in [0.2, 0.25) is 0 Å². The number of carbonyl (C=O) groups excluding carboxylic acids is 1. The Morgan fingerprint density at radius 2 is 2.04 bits per heavy atom. The van der Waals surface area contributed by atoms with Gasteiger partial charge in [0.25, 0.3) is 15.9 Å². The number of sulfonamides is 1. The van der Waals surface area contributed by atoms with Crippen LogP contribution in [0.2, 0.25) is 0 Å². The summed E-state index contributed by atoms with van der Waals surface area (Å²) in [5.41, 5.74) is 0.333. The van der Waals surface area contributed by atoms with Gasteiger partial charge in [-0.05, 0) is 25.0 Å². The molecule has 0 saturated carbocycles. The Kier molecular flexibility index (Phi) is 4.38. The summed E-state index contributed by atoms with van der Waals surface area (Å²) < 4.78 is 38.7. The summed E-state index contributed by atoms with van der Waals surface area (Å²) in [6.45, 7) is 2.69. The first-order chi connectivity index (χ1) is 12.0. The molecular weight excluding hydrogens is 346 g/mol. The van der Waals surface area contributed by atoms with E-state index in [9.17, 15) is 13.2 Å². The molecule has 1 amide bonds. The van der Waals surface area contributed by atoms with Crippen molar-refractivity contribution in [3.63, 3.8) is 0 Å². The number of nitrogens with zero attached hydrogens (tertiary/aromatic N) is 3. The fourth-order valence-electron chi connectivity index (χ4n) is 3.62. The van der Waals surface area contributed by atoms with Crippen molar-refractivity contribution in [3.8, 4) is 0 Å². The van der Waals surface area contributed by atoms with Crippen LogP contribution < -0.4 is 0 Å². The average molecular weight is 367 g/mol. The van der Waals surface area contributed by atoms with Gasteiger partial charge in [-0.2, -0.15) is 0 Å². The largest absolute Gasteiger partial charge is 0.350 e. The number of allylic oxidation sites excluding steroid dienone is 2. The van der Waals surface area contributed by atoms with Crippen LogP contribution in [0.5, 0.6) is 0 Å². The van der Waals surface area contributed by atoms with Gasteiger partial charge in [-0.1, -0.05) is 0 Å². The van der Waals surface area contributed by atoms with E-state index < -0.39 is 10.0 Å². The number of ether oxygens (including phenoxy) is 2. The molecule has 0 aromatic rings. The molecule has 4 rings (SSSR count). The predicted octanol–water partition coefficient (Wildman–Crippen LogP) is 0.0955. The SMILES string of the molecule is O=C(C1=CC=CN2CCS(=O)(=O)N=C12)N1CCCC(C2OCCO2)C1. The van der Waals surface area contributed by atoms with Crippen molar-refractivity contribution in [2.45, 2.75) is 19.1 Å². The van der Waals surface area contributed by atoms with Crippen molar-refractivity contribution >= 4 is 21.8 Å². The smallest absolute Gasteiger partial charge is 0.257 e. The Bertz CT molecular complexity index is 752. The van der Waals surface area contributed by atoms with E-state index >= 15 is 0 Å². The molecule has 4 aliphatic rings. The van der Waals surface area contributed by atoms with Gasteiger partial charge in [0.1, 0.15) is 0 Å². The van der Waals surface area contributed by atoms with Crippen molar-refractivity contribution in [1.82, 2.24) is 9.80 Å². The van der Waals surface area contributed by atoms with Crippen LogP contribution in [-0.2, 0) is 24.3 Å². The zero-order valence-electron chi connectivity index (χ0n) is 13.8. The summed E-state index contributed by atoms with van der Waals surface area (Å²) in [5, 5.41) is 0. The third kappa shape index (κ3) is 3.36. The zero-order chi connectivity index (χ0) is 17.4. The van der Waals surface area contributed by atoms with Gasteiger partial charge in [-0.25, -0.2) is 8.42 Å². The Morgan fingerprint density at radius 3 is 2.84 bits per heavy atom. The van der Waals surface area contributed by atoms with Crippen LogP contribution in [-0.4, -0.2) is 74.9 Å². The first-order valence-corrected chi connectivity index (χ1v) is 10.1. The summed E-state index contributed by atoms with van der Waals surface area (Å²) in [7, 11) is -3.51. The van der Waals surface area contributed by atoms with Gasteiger partial charge < -0.3 is 19.3 Å². The van der Waals surface area contributed by atoms with Crippen molar-refractivity contribution < 1.29 is 22.7 Å². The molecule has 4 aliphatic heterocycles. The molecule has 0 spiro atoms. The summed E-state index contributed by atoms with van der Waals surface area (Å²) in [4.78, 5) is 16.5. The van der Waals surface area contributed by atoms with Gasteiger partial charge in [0.05, 0.1) is 24.5 Å². The lowest BCUT2D eigenvalue weighted by atomic mass is 9.96. The summed E-state index contributed by atoms with van der Waals surface area (Å²) >= 11 is 0. The van der Waals surface area contributed by atoms with Crippen LogP contribution in [0.1, 0.15) is 12.8 Å². The second kappa shape index (κ2) is 6.54. The molecule has 0 aromatic heterocycles. The minimum absolute atomic E-state index is 0.0372. The molecule has 1 atom stereocenters. The highest BCUT2D eigenvalue weighted by Gasteiger charge is 2.36. The van der Waals surface area contributed by atoms with Crippen molar-refractivity contribution in [2.24, 2.45) is 10.3 Å². The molecule has 0 N–H and O–H groups in total. The van der Waals surface area contributed by atoms with E-state index in [1.54, 1.807) is 28.2 Å². The second-order valence-corrected chi connectivity index (χ2v) is 8.33. The topological polar surface area (TPSA) is 88.5 Å². The van der Waals surface area contributed by atoms with Gasteiger partial charge in [-0.3, -0.25) is 4.79 Å². The number of fused-ring (bicyclic) bond motifs is 1. The quantitative estimate of drug-likeness (QED) is 0.688.